The summed E-state index contributed by atoms with van der Waals surface area (Å²) in [6.45, 7) is 6.88. The Kier molecular flexibility index (Phi) is 13.0. The van der Waals surface area contributed by atoms with E-state index in [4.69, 9.17) is 24.9 Å². The van der Waals surface area contributed by atoms with Crippen molar-refractivity contribution in [1.29, 1.82) is 0 Å². The molecule has 0 bridgehead atoms. The lowest BCUT2D eigenvalue weighted by Crippen LogP contribution is -2.61. The maximum absolute atomic E-state index is 5.57. The molecule has 3 aromatic heterocycles. The fourth-order valence-corrected chi connectivity index (χ4v) is 13.8. The molecule has 17 rings (SSSR count). The molecule has 0 saturated carbocycles. The van der Waals surface area contributed by atoms with Crippen molar-refractivity contribution in [3.05, 3.63) is 309 Å². The molecular weight excluding hydrogens is 1120 g/mol. The van der Waals surface area contributed by atoms with Crippen LogP contribution in [0.15, 0.2) is 303 Å². The number of hydrogen-bond acceptors (Lipinski definition) is 7. The van der Waals surface area contributed by atoms with Crippen molar-refractivity contribution in [2.24, 2.45) is 0 Å². The summed E-state index contributed by atoms with van der Waals surface area (Å²) in [6.07, 6.45) is 0. The summed E-state index contributed by atoms with van der Waals surface area (Å²) in [5, 5.41) is 2.34. The zero-order chi connectivity index (χ0) is 61.4. The van der Waals surface area contributed by atoms with E-state index in [1.54, 1.807) is 0 Å². The van der Waals surface area contributed by atoms with Crippen LogP contribution in [0, 0.1) is 0 Å². The number of para-hydroxylation sites is 4. The SMILES string of the molecule is CC(C)(C)c1ccc2c(c1)c1ccccc1n2-c1ccc(-c2nc(-c3ccccc3)cc(-c3ccccc3)n2)cc1-c1nc(-c2ccccc2)nc(-c2cccc(-c3ccc(N4c5ccccc5B5c6ccccc6N(c6ccccc6)c6cccc4c65)cc3)c2)n1. The van der Waals surface area contributed by atoms with Gasteiger partial charge in [-0.2, -0.15) is 0 Å². The van der Waals surface area contributed by atoms with E-state index >= 15 is 0 Å². The van der Waals surface area contributed by atoms with Crippen molar-refractivity contribution in [2.45, 2.75) is 26.2 Å². The van der Waals surface area contributed by atoms with Crippen LogP contribution >= 0.6 is 0 Å². The van der Waals surface area contributed by atoms with Gasteiger partial charge in [0.2, 0.25) is 0 Å². The van der Waals surface area contributed by atoms with E-state index in [1.165, 1.54) is 50.1 Å². The van der Waals surface area contributed by atoms with Gasteiger partial charge in [-0.1, -0.05) is 227 Å². The van der Waals surface area contributed by atoms with Crippen molar-refractivity contribution in [1.82, 2.24) is 29.5 Å². The second-order valence-electron chi connectivity index (χ2n) is 24.8. The van der Waals surface area contributed by atoms with Gasteiger partial charge < -0.3 is 14.4 Å². The Morgan fingerprint density at radius 2 is 0.761 bits per heavy atom. The highest BCUT2D eigenvalue weighted by molar-refractivity contribution is 7.00. The van der Waals surface area contributed by atoms with Crippen molar-refractivity contribution in [3.63, 3.8) is 0 Å². The summed E-state index contributed by atoms with van der Waals surface area (Å²) in [5.74, 6) is 2.21. The molecule has 12 aromatic carbocycles. The molecule has 9 heteroatoms. The Labute approximate surface area is 535 Å². The molecule has 2 aliphatic heterocycles. The Bertz CT molecular complexity index is 5280. The highest BCUT2D eigenvalue weighted by Gasteiger charge is 2.43. The number of anilines is 6. The molecule has 0 saturated heterocycles. The Balaban J connectivity index is 0.814. The molecule has 15 aromatic rings. The first-order chi connectivity index (χ1) is 45.3. The molecule has 0 aliphatic carbocycles. The van der Waals surface area contributed by atoms with Crippen LogP contribution in [0.3, 0.4) is 0 Å². The zero-order valence-electron chi connectivity index (χ0n) is 51.0. The molecule has 5 heterocycles. The summed E-state index contributed by atoms with van der Waals surface area (Å²) >= 11 is 0. The smallest absolute Gasteiger partial charge is 0.252 e. The first-order valence-corrected chi connectivity index (χ1v) is 31.4. The van der Waals surface area contributed by atoms with Crippen LogP contribution in [-0.4, -0.2) is 36.2 Å². The molecule has 0 fully saturated rings. The van der Waals surface area contributed by atoms with Crippen LogP contribution in [-0.2, 0) is 5.41 Å². The Morgan fingerprint density at radius 3 is 1.40 bits per heavy atom. The minimum absolute atomic E-state index is 0.0548. The van der Waals surface area contributed by atoms with Gasteiger partial charge in [-0.3, -0.25) is 0 Å². The van der Waals surface area contributed by atoms with Crippen LogP contribution in [0.25, 0.3) is 107 Å². The molecule has 0 atom stereocenters. The lowest BCUT2D eigenvalue weighted by molar-refractivity contribution is 0.591. The van der Waals surface area contributed by atoms with Crippen LogP contribution < -0.4 is 26.2 Å². The van der Waals surface area contributed by atoms with Gasteiger partial charge in [-0.25, -0.2) is 24.9 Å². The van der Waals surface area contributed by atoms with Crippen LogP contribution in [0.5, 0.6) is 0 Å². The monoisotopic (exact) mass is 1180 g/mol. The molecule has 0 N–H and O–H groups in total. The summed E-state index contributed by atoms with van der Waals surface area (Å²) in [4.78, 5) is 31.9. The van der Waals surface area contributed by atoms with Crippen molar-refractivity contribution in [2.75, 3.05) is 9.80 Å². The number of aromatic nitrogens is 6. The number of rotatable bonds is 10. The largest absolute Gasteiger partial charge is 0.311 e. The van der Waals surface area contributed by atoms with E-state index < -0.39 is 0 Å². The number of benzene rings is 12. The van der Waals surface area contributed by atoms with Crippen LogP contribution in [0.1, 0.15) is 26.3 Å². The lowest BCUT2D eigenvalue weighted by Gasteiger charge is -2.44. The van der Waals surface area contributed by atoms with Crippen molar-refractivity contribution < 1.29 is 0 Å². The maximum Gasteiger partial charge on any atom is 0.252 e. The first kappa shape index (κ1) is 54.4. The predicted octanol–water partition coefficient (Wildman–Crippen LogP) is 18.8. The fraction of sp³-hybridized carbons (Fsp3) is 0.0482. The fourth-order valence-electron chi connectivity index (χ4n) is 13.8. The Morgan fingerprint density at radius 1 is 0.293 bits per heavy atom. The molecule has 0 spiro atoms. The number of hydrogen-bond donors (Lipinski definition) is 0. The summed E-state index contributed by atoms with van der Waals surface area (Å²) in [7, 11) is 0. The molecule has 8 nitrogen and oxygen atoms in total. The molecule has 434 valence electrons. The topological polar surface area (TPSA) is 75.9 Å². The minimum atomic E-state index is -0.0548. The van der Waals surface area contributed by atoms with E-state index in [0.29, 0.717) is 23.3 Å². The maximum atomic E-state index is 5.57. The number of nitrogens with zero attached hydrogens (tertiary/aromatic N) is 8. The summed E-state index contributed by atoms with van der Waals surface area (Å²) < 4.78 is 2.37. The van der Waals surface area contributed by atoms with Gasteiger partial charge in [0.1, 0.15) is 0 Å². The van der Waals surface area contributed by atoms with Gasteiger partial charge in [0, 0.05) is 78.3 Å². The summed E-state index contributed by atoms with van der Waals surface area (Å²) in [6, 6.07) is 108. The third kappa shape index (κ3) is 9.35. The minimum Gasteiger partial charge on any atom is -0.311 e. The zero-order valence-corrected chi connectivity index (χ0v) is 51.0. The predicted molar refractivity (Wildman–Crippen MR) is 381 cm³/mol. The second-order valence-corrected chi connectivity index (χ2v) is 24.8. The molecular formula is C83H59BN8. The van der Waals surface area contributed by atoms with E-state index in [-0.39, 0.29) is 12.1 Å². The number of fused-ring (bicyclic) bond motifs is 7. The molecule has 2 aliphatic rings. The lowest BCUT2D eigenvalue weighted by atomic mass is 9.33. The van der Waals surface area contributed by atoms with Crippen molar-refractivity contribution >= 4 is 79.0 Å². The quantitative estimate of drug-likeness (QED) is 0.126. The van der Waals surface area contributed by atoms with Crippen LogP contribution in [0.2, 0.25) is 0 Å². The summed E-state index contributed by atoms with van der Waals surface area (Å²) in [5.41, 5.74) is 24.2. The van der Waals surface area contributed by atoms with Crippen LogP contribution in [0.4, 0.5) is 34.1 Å². The van der Waals surface area contributed by atoms with E-state index in [2.05, 4.69) is 284 Å². The normalized spacial score (nSPS) is 12.4. The third-order valence-corrected chi connectivity index (χ3v) is 18.2. The average molecular weight is 1180 g/mol. The molecule has 92 heavy (non-hydrogen) atoms. The van der Waals surface area contributed by atoms with Crippen molar-refractivity contribution in [3.8, 4) is 84.9 Å². The van der Waals surface area contributed by atoms with Gasteiger partial charge in [0.25, 0.3) is 6.71 Å². The highest BCUT2D eigenvalue weighted by atomic mass is 15.2. The molecule has 0 unspecified atom stereocenters. The van der Waals surface area contributed by atoms with Gasteiger partial charge >= 0.3 is 0 Å². The first-order valence-electron chi connectivity index (χ1n) is 31.4. The highest BCUT2D eigenvalue weighted by Crippen LogP contribution is 2.45. The average Bonchev–Trinajstić information content (AvgIpc) is 0.845. The van der Waals surface area contributed by atoms with E-state index in [9.17, 15) is 0 Å². The standard InChI is InChI=1S/C83H59BN8/c1-83(2,3)61-45-49-72-65(52-61)64-34-16-19-37-71(64)92(72)73-48-44-60(80-85-69(55-24-8-4-9-25-55)53-70(86-80)56-26-10-5-11-27-56)51-66(73)82-88-79(57-28-12-6-13-29-57)87-81(89-82)59-31-22-30-58(50-59)54-42-46-63(47-43-54)91-75-39-21-18-36-68(75)84-67-35-17-20-38-74(67)90(62-32-14-7-15-33-62)76-40-23-41-77(91)78(76)84/h4-53H,1-3H3. The van der Waals surface area contributed by atoms with Gasteiger partial charge in [0.15, 0.2) is 23.3 Å². The van der Waals surface area contributed by atoms with Gasteiger partial charge in [-0.05, 0) is 136 Å². The van der Waals surface area contributed by atoms with Gasteiger partial charge in [-0.15, -0.1) is 0 Å². The Hall–Kier alpha value is -11.8. The second kappa shape index (κ2) is 22.0. The third-order valence-electron chi connectivity index (χ3n) is 18.2. The van der Waals surface area contributed by atoms with E-state index in [0.717, 1.165) is 89.4 Å². The van der Waals surface area contributed by atoms with E-state index in [1.807, 2.05) is 54.6 Å². The van der Waals surface area contributed by atoms with Gasteiger partial charge in [0.05, 0.1) is 28.1 Å². The molecule has 0 amide bonds. The molecule has 0 radical (unpaired) electrons.